The summed E-state index contributed by atoms with van der Waals surface area (Å²) in [5.41, 5.74) is 1.84. The van der Waals surface area contributed by atoms with Crippen LogP contribution in [0.1, 0.15) is 49.7 Å². The summed E-state index contributed by atoms with van der Waals surface area (Å²) in [5.74, 6) is 0.496. The Morgan fingerprint density at radius 3 is 2.68 bits per heavy atom. The van der Waals surface area contributed by atoms with E-state index in [9.17, 15) is 9.18 Å². The van der Waals surface area contributed by atoms with Gasteiger partial charge >= 0.3 is 0 Å². The summed E-state index contributed by atoms with van der Waals surface area (Å²) >= 11 is 0. The molecule has 3 nitrogen and oxygen atoms in total. The zero-order chi connectivity index (χ0) is 15.5. The molecule has 2 fully saturated rings. The molecule has 0 radical (unpaired) electrons. The summed E-state index contributed by atoms with van der Waals surface area (Å²) in [6.07, 6.45) is 4.14. The number of halogens is 1. The summed E-state index contributed by atoms with van der Waals surface area (Å²) in [7, 11) is 0. The lowest BCUT2D eigenvalue weighted by molar-refractivity contribution is -0.127. The molecule has 0 aromatic heterocycles. The first kappa shape index (κ1) is 15.5. The zero-order valence-corrected chi connectivity index (χ0v) is 13.3. The summed E-state index contributed by atoms with van der Waals surface area (Å²) < 4.78 is 14.3. The van der Waals surface area contributed by atoms with Gasteiger partial charge < -0.3 is 5.32 Å². The van der Waals surface area contributed by atoms with E-state index >= 15 is 0 Å². The quantitative estimate of drug-likeness (QED) is 0.907. The topological polar surface area (TPSA) is 32.3 Å². The van der Waals surface area contributed by atoms with Crippen molar-refractivity contribution < 1.29 is 9.18 Å². The maximum Gasteiger partial charge on any atom is 0.223 e. The number of nitrogens with zero attached hydrogens (tertiary/aromatic N) is 1. The normalized spacial score (nSPS) is 25.0. The maximum absolute atomic E-state index is 14.3. The lowest BCUT2D eigenvalue weighted by Gasteiger charge is -2.34. The van der Waals surface area contributed by atoms with Crippen LogP contribution in [-0.4, -0.2) is 30.4 Å². The Balaban J connectivity index is 1.57. The molecule has 1 aromatic carbocycles. The first-order valence-corrected chi connectivity index (χ1v) is 8.45. The molecule has 1 saturated carbocycles. The van der Waals surface area contributed by atoms with Crippen LogP contribution in [-0.2, 0) is 11.3 Å². The molecular formula is C18H25FN2O. The summed E-state index contributed by atoms with van der Waals surface area (Å²) in [6.45, 7) is 5.50. The smallest absolute Gasteiger partial charge is 0.223 e. The number of rotatable bonds is 5. The second-order valence-corrected chi connectivity index (χ2v) is 6.59. The average Bonchev–Trinajstić information content (AvgIpc) is 2.93. The van der Waals surface area contributed by atoms with Gasteiger partial charge in [-0.2, -0.15) is 0 Å². The van der Waals surface area contributed by atoms with Gasteiger partial charge in [0.1, 0.15) is 5.82 Å². The van der Waals surface area contributed by atoms with Crippen LogP contribution in [0, 0.1) is 11.7 Å². The lowest BCUT2D eigenvalue weighted by Crippen LogP contribution is -2.37. The molecule has 0 unspecified atom stereocenters. The molecule has 1 aliphatic carbocycles. The maximum atomic E-state index is 14.3. The number of benzene rings is 1. The highest BCUT2D eigenvalue weighted by Crippen LogP contribution is 2.42. The van der Waals surface area contributed by atoms with E-state index < -0.39 is 0 Å². The molecule has 0 spiro atoms. The Kier molecular flexibility index (Phi) is 4.77. The van der Waals surface area contributed by atoms with Gasteiger partial charge in [0.2, 0.25) is 5.91 Å². The Morgan fingerprint density at radius 2 is 2.05 bits per heavy atom. The van der Waals surface area contributed by atoms with Gasteiger partial charge in [0.25, 0.3) is 0 Å². The first-order valence-electron chi connectivity index (χ1n) is 8.45. The third-order valence-corrected chi connectivity index (χ3v) is 5.00. The van der Waals surface area contributed by atoms with Crippen LogP contribution in [0.15, 0.2) is 18.2 Å². The van der Waals surface area contributed by atoms with Gasteiger partial charge in [0, 0.05) is 24.6 Å². The third kappa shape index (κ3) is 3.32. The second kappa shape index (κ2) is 6.78. The van der Waals surface area contributed by atoms with Gasteiger partial charge in [0.05, 0.1) is 0 Å². The van der Waals surface area contributed by atoms with Crippen LogP contribution in [0.2, 0.25) is 0 Å². The molecule has 3 rings (SSSR count). The van der Waals surface area contributed by atoms with Gasteiger partial charge in [-0.1, -0.05) is 12.1 Å². The molecule has 4 heteroatoms. The van der Waals surface area contributed by atoms with E-state index in [1.54, 1.807) is 6.07 Å². The predicted octanol–water partition coefficient (Wildman–Crippen LogP) is 3.05. The Bertz CT molecular complexity index is 534. The van der Waals surface area contributed by atoms with E-state index in [0.717, 1.165) is 43.6 Å². The monoisotopic (exact) mass is 304 g/mol. The van der Waals surface area contributed by atoms with E-state index in [1.165, 1.54) is 12.8 Å². The third-order valence-electron chi connectivity index (χ3n) is 5.00. The van der Waals surface area contributed by atoms with Crippen LogP contribution in [0.5, 0.6) is 0 Å². The number of nitrogens with one attached hydrogen (secondary N) is 1. The van der Waals surface area contributed by atoms with E-state index in [0.29, 0.717) is 12.5 Å². The molecule has 1 saturated heterocycles. The van der Waals surface area contributed by atoms with E-state index in [-0.39, 0.29) is 17.6 Å². The first-order chi connectivity index (χ1) is 10.7. The molecular weight excluding hydrogens is 279 g/mol. The molecule has 1 aromatic rings. The van der Waals surface area contributed by atoms with Crippen molar-refractivity contribution in [2.45, 2.75) is 45.1 Å². The van der Waals surface area contributed by atoms with Gasteiger partial charge in [0.15, 0.2) is 0 Å². The molecule has 1 N–H and O–H groups in total. The van der Waals surface area contributed by atoms with Crippen molar-refractivity contribution in [2.75, 3.05) is 19.6 Å². The fourth-order valence-corrected chi connectivity index (χ4v) is 3.55. The van der Waals surface area contributed by atoms with E-state index in [1.807, 2.05) is 19.1 Å². The SMILES string of the molecule is CCNC(=O)[C@H]1C[C@@H](c2ccc(CN3CCCC3)c(F)c2)C1. The largest absolute Gasteiger partial charge is 0.356 e. The van der Waals surface area contributed by atoms with Crippen molar-refractivity contribution in [1.29, 1.82) is 0 Å². The van der Waals surface area contributed by atoms with Crippen molar-refractivity contribution in [3.63, 3.8) is 0 Å². The molecule has 1 heterocycles. The van der Waals surface area contributed by atoms with Crippen LogP contribution < -0.4 is 5.32 Å². The molecule has 1 aliphatic heterocycles. The van der Waals surface area contributed by atoms with Crippen LogP contribution >= 0.6 is 0 Å². The Morgan fingerprint density at radius 1 is 1.32 bits per heavy atom. The summed E-state index contributed by atoms with van der Waals surface area (Å²) in [5, 5.41) is 2.86. The van der Waals surface area contributed by atoms with E-state index in [2.05, 4.69) is 10.2 Å². The number of likely N-dealkylation sites (tertiary alicyclic amines) is 1. The van der Waals surface area contributed by atoms with Crippen LogP contribution in [0.25, 0.3) is 0 Å². The number of hydrogen-bond donors (Lipinski definition) is 1. The number of carbonyl (C=O) groups is 1. The van der Waals surface area contributed by atoms with Gasteiger partial charge in [-0.05, 0) is 63.2 Å². The number of carbonyl (C=O) groups excluding carboxylic acids is 1. The average molecular weight is 304 g/mol. The predicted molar refractivity (Wildman–Crippen MR) is 85.1 cm³/mol. The molecule has 0 bridgehead atoms. The van der Waals surface area contributed by atoms with Gasteiger partial charge in [-0.3, -0.25) is 9.69 Å². The molecule has 1 amide bonds. The highest BCUT2D eigenvalue weighted by Gasteiger charge is 2.35. The van der Waals surface area contributed by atoms with Crippen molar-refractivity contribution in [1.82, 2.24) is 10.2 Å². The number of hydrogen-bond acceptors (Lipinski definition) is 2. The highest BCUT2D eigenvalue weighted by molar-refractivity contribution is 5.79. The van der Waals surface area contributed by atoms with Crippen molar-refractivity contribution in [3.8, 4) is 0 Å². The lowest BCUT2D eigenvalue weighted by atomic mass is 9.71. The van der Waals surface area contributed by atoms with Crippen molar-refractivity contribution >= 4 is 5.91 Å². The standard InChI is InChI=1S/C18H25FN2O/c1-2-20-18(22)16-9-15(10-16)13-5-6-14(17(19)11-13)12-21-7-3-4-8-21/h5-6,11,15-16H,2-4,7-10,12H2,1H3,(H,20,22)/t15-,16+. The van der Waals surface area contributed by atoms with Gasteiger partial charge in [-0.25, -0.2) is 4.39 Å². The molecule has 120 valence electrons. The summed E-state index contributed by atoms with van der Waals surface area (Å²) in [4.78, 5) is 14.0. The second-order valence-electron chi connectivity index (χ2n) is 6.59. The number of amides is 1. The van der Waals surface area contributed by atoms with Crippen molar-refractivity contribution in [3.05, 3.63) is 35.1 Å². The van der Waals surface area contributed by atoms with Gasteiger partial charge in [-0.15, -0.1) is 0 Å². The minimum Gasteiger partial charge on any atom is -0.356 e. The molecule has 2 aliphatic rings. The van der Waals surface area contributed by atoms with Crippen molar-refractivity contribution in [2.24, 2.45) is 5.92 Å². The minimum atomic E-state index is -0.0918. The molecule has 22 heavy (non-hydrogen) atoms. The van der Waals surface area contributed by atoms with Crippen LogP contribution in [0.4, 0.5) is 4.39 Å². The Hall–Kier alpha value is -1.42. The highest BCUT2D eigenvalue weighted by atomic mass is 19.1. The summed E-state index contributed by atoms with van der Waals surface area (Å²) in [6, 6.07) is 5.67. The minimum absolute atomic E-state index is 0.0918. The molecule has 0 atom stereocenters. The fraction of sp³-hybridized carbons (Fsp3) is 0.611. The fourth-order valence-electron chi connectivity index (χ4n) is 3.55. The Labute approximate surface area is 131 Å². The van der Waals surface area contributed by atoms with Crippen LogP contribution in [0.3, 0.4) is 0 Å². The van der Waals surface area contributed by atoms with E-state index in [4.69, 9.17) is 0 Å². The zero-order valence-electron chi connectivity index (χ0n) is 13.3.